The molecule has 0 aliphatic carbocycles. The number of halogens is 1. The lowest BCUT2D eigenvalue weighted by Gasteiger charge is -2.23. The van der Waals surface area contributed by atoms with Crippen molar-refractivity contribution < 1.29 is 14.3 Å². The number of rotatable bonds is 7. The van der Waals surface area contributed by atoms with Crippen LogP contribution in [-0.4, -0.2) is 46.9 Å². The smallest absolute Gasteiger partial charge is 0.243 e. The second-order valence-electron chi connectivity index (χ2n) is 7.54. The highest BCUT2D eigenvalue weighted by atomic mass is 79.9. The maximum absolute atomic E-state index is 13.2. The van der Waals surface area contributed by atoms with Crippen molar-refractivity contribution in [2.75, 3.05) is 19.0 Å². The van der Waals surface area contributed by atoms with Crippen molar-refractivity contribution in [3.05, 3.63) is 58.1 Å². The SMILES string of the molecule is COCC(C)N1C(=O)C(CC(=O)Nc2ccccc2Br)SC1=Nc1ccc(C)cc1C. The lowest BCUT2D eigenvalue weighted by atomic mass is 10.1. The Morgan fingerprint density at radius 1 is 1.29 bits per heavy atom. The summed E-state index contributed by atoms with van der Waals surface area (Å²) in [6.45, 7) is 6.33. The lowest BCUT2D eigenvalue weighted by molar-refractivity contribution is -0.130. The van der Waals surface area contributed by atoms with Crippen LogP contribution in [-0.2, 0) is 14.3 Å². The molecule has 2 amide bonds. The van der Waals surface area contributed by atoms with Crippen molar-refractivity contribution in [2.45, 2.75) is 38.5 Å². The van der Waals surface area contributed by atoms with E-state index in [9.17, 15) is 9.59 Å². The Balaban J connectivity index is 1.82. The second kappa shape index (κ2) is 10.4. The van der Waals surface area contributed by atoms with E-state index in [1.807, 2.05) is 57.2 Å². The molecule has 1 N–H and O–H groups in total. The van der Waals surface area contributed by atoms with Gasteiger partial charge in [0.2, 0.25) is 11.8 Å². The number of benzene rings is 2. The van der Waals surface area contributed by atoms with Gasteiger partial charge in [0.15, 0.2) is 5.17 Å². The number of carbonyl (C=O) groups excluding carboxylic acids is 2. The molecule has 164 valence electrons. The van der Waals surface area contributed by atoms with Crippen LogP contribution < -0.4 is 5.32 Å². The predicted octanol–water partition coefficient (Wildman–Crippen LogP) is 5.06. The summed E-state index contributed by atoms with van der Waals surface area (Å²) in [6.07, 6.45) is 0.0624. The van der Waals surface area contributed by atoms with Crippen LogP contribution in [0.1, 0.15) is 24.5 Å². The minimum absolute atomic E-state index is 0.0624. The third-order valence-corrected chi connectivity index (χ3v) is 6.75. The molecule has 1 saturated heterocycles. The lowest BCUT2D eigenvalue weighted by Crippen LogP contribution is -2.42. The van der Waals surface area contributed by atoms with Crippen molar-refractivity contribution in [3.63, 3.8) is 0 Å². The molecule has 0 saturated carbocycles. The second-order valence-corrected chi connectivity index (χ2v) is 9.56. The van der Waals surface area contributed by atoms with Crippen LogP contribution in [0.25, 0.3) is 0 Å². The first-order valence-electron chi connectivity index (χ1n) is 9.99. The number of carbonyl (C=O) groups is 2. The topological polar surface area (TPSA) is 71.0 Å². The molecular weight excluding hydrogens is 478 g/mol. The van der Waals surface area contributed by atoms with Crippen molar-refractivity contribution in [1.82, 2.24) is 4.90 Å². The maximum Gasteiger partial charge on any atom is 0.243 e. The summed E-state index contributed by atoms with van der Waals surface area (Å²) in [5.41, 5.74) is 3.68. The predicted molar refractivity (Wildman–Crippen MR) is 130 cm³/mol. The average molecular weight is 504 g/mol. The monoisotopic (exact) mass is 503 g/mol. The highest BCUT2D eigenvalue weighted by Gasteiger charge is 2.41. The Hall–Kier alpha value is -2.16. The Labute approximate surface area is 195 Å². The van der Waals surface area contributed by atoms with Crippen LogP contribution in [0.4, 0.5) is 11.4 Å². The first-order chi connectivity index (χ1) is 14.8. The standard InChI is InChI=1S/C23H26BrN3O3S/c1-14-9-10-18(15(2)11-14)26-23-27(16(3)13-30-4)22(29)20(31-23)12-21(28)25-19-8-6-5-7-17(19)24/h5-11,16,20H,12-13H2,1-4H3,(H,25,28). The summed E-state index contributed by atoms with van der Waals surface area (Å²) in [5.74, 6) is -0.342. The van der Waals surface area contributed by atoms with E-state index in [1.165, 1.54) is 11.8 Å². The molecule has 3 rings (SSSR count). The van der Waals surface area contributed by atoms with Gasteiger partial charge in [0, 0.05) is 18.0 Å². The zero-order valence-corrected chi connectivity index (χ0v) is 20.4. The van der Waals surface area contributed by atoms with Crippen molar-refractivity contribution in [3.8, 4) is 0 Å². The normalized spacial score (nSPS) is 18.5. The highest BCUT2D eigenvalue weighted by Crippen LogP contribution is 2.34. The zero-order valence-electron chi connectivity index (χ0n) is 18.0. The number of thioether (sulfide) groups is 1. The minimum Gasteiger partial charge on any atom is -0.383 e. The number of amides is 2. The third-order valence-electron chi connectivity index (χ3n) is 4.90. The van der Waals surface area contributed by atoms with Crippen LogP contribution >= 0.6 is 27.7 Å². The van der Waals surface area contributed by atoms with Crippen LogP contribution in [0.5, 0.6) is 0 Å². The number of anilines is 1. The molecule has 31 heavy (non-hydrogen) atoms. The molecule has 1 aliphatic rings. The highest BCUT2D eigenvalue weighted by molar-refractivity contribution is 9.10. The largest absolute Gasteiger partial charge is 0.383 e. The number of hydrogen-bond acceptors (Lipinski definition) is 5. The molecule has 0 bridgehead atoms. The molecule has 2 unspecified atom stereocenters. The summed E-state index contributed by atoms with van der Waals surface area (Å²) in [4.78, 5) is 32.3. The number of methoxy groups -OCH3 is 1. The Morgan fingerprint density at radius 2 is 2.03 bits per heavy atom. The Morgan fingerprint density at radius 3 is 2.71 bits per heavy atom. The number of aliphatic imine (C=N–C) groups is 1. The maximum atomic E-state index is 13.2. The van der Waals surface area contributed by atoms with Gasteiger partial charge in [-0.3, -0.25) is 14.5 Å². The fourth-order valence-corrected chi connectivity index (χ4v) is 5.00. The van der Waals surface area contributed by atoms with E-state index in [1.54, 1.807) is 12.0 Å². The number of aryl methyl sites for hydroxylation is 2. The first-order valence-corrected chi connectivity index (χ1v) is 11.7. The summed E-state index contributed by atoms with van der Waals surface area (Å²) >= 11 is 4.76. The Kier molecular flexibility index (Phi) is 7.91. The van der Waals surface area contributed by atoms with E-state index in [2.05, 4.69) is 27.3 Å². The van der Waals surface area contributed by atoms with Crippen molar-refractivity contribution in [2.24, 2.45) is 4.99 Å². The van der Waals surface area contributed by atoms with Gasteiger partial charge in [-0.15, -0.1) is 0 Å². The molecule has 1 heterocycles. The van der Waals surface area contributed by atoms with E-state index in [0.717, 1.165) is 21.3 Å². The third kappa shape index (κ3) is 5.75. The van der Waals surface area contributed by atoms with Crippen molar-refractivity contribution >= 4 is 56.0 Å². The molecule has 2 aromatic rings. The number of para-hydroxylation sites is 1. The van der Waals surface area contributed by atoms with Gasteiger partial charge in [0.05, 0.1) is 24.0 Å². The molecule has 0 aromatic heterocycles. The van der Waals surface area contributed by atoms with Gasteiger partial charge >= 0.3 is 0 Å². The molecule has 6 nitrogen and oxygen atoms in total. The fourth-order valence-electron chi connectivity index (χ4n) is 3.38. The van der Waals surface area contributed by atoms with E-state index in [-0.39, 0.29) is 24.3 Å². The molecule has 8 heteroatoms. The summed E-state index contributed by atoms with van der Waals surface area (Å²) < 4.78 is 6.06. The Bertz CT molecular complexity index is 1010. The van der Waals surface area contributed by atoms with Gasteiger partial charge in [0.25, 0.3) is 0 Å². The van der Waals surface area contributed by atoms with Gasteiger partial charge in [-0.25, -0.2) is 4.99 Å². The van der Waals surface area contributed by atoms with E-state index < -0.39 is 5.25 Å². The van der Waals surface area contributed by atoms with E-state index >= 15 is 0 Å². The van der Waals surface area contributed by atoms with Gasteiger partial charge in [-0.05, 0) is 60.5 Å². The summed E-state index contributed by atoms with van der Waals surface area (Å²) in [5, 5.41) is 2.93. The first kappa shape index (κ1) is 23.5. The molecule has 1 aliphatic heterocycles. The number of amidine groups is 1. The fraction of sp³-hybridized carbons (Fsp3) is 0.348. The molecule has 0 radical (unpaired) electrons. The van der Waals surface area contributed by atoms with Crippen LogP contribution in [0.15, 0.2) is 51.9 Å². The molecule has 1 fully saturated rings. The summed E-state index contributed by atoms with van der Waals surface area (Å²) in [7, 11) is 1.60. The van der Waals surface area contributed by atoms with E-state index in [0.29, 0.717) is 17.5 Å². The van der Waals surface area contributed by atoms with Gasteiger partial charge in [0.1, 0.15) is 5.25 Å². The number of nitrogens with one attached hydrogen (secondary N) is 1. The van der Waals surface area contributed by atoms with Gasteiger partial charge in [-0.2, -0.15) is 0 Å². The van der Waals surface area contributed by atoms with Crippen LogP contribution in [0.2, 0.25) is 0 Å². The minimum atomic E-state index is -0.536. The summed E-state index contributed by atoms with van der Waals surface area (Å²) in [6, 6.07) is 13.2. The molecule has 2 atom stereocenters. The quantitative estimate of drug-likeness (QED) is 0.572. The molecule has 2 aromatic carbocycles. The van der Waals surface area contributed by atoms with Crippen LogP contribution in [0.3, 0.4) is 0 Å². The number of hydrogen-bond donors (Lipinski definition) is 1. The average Bonchev–Trinajstić information content (AvgIpc) is 3.01. The van der Waals surface area contributed by atoms with Crippen LogP contribution in [0, 0.1) is 13.8 Å². The molecular formula is C23H26BrN3O3S. The number of ether oxygens (including phenoxy) is 1. The van der Waals surface area contributed by atoms with E-state index in [4.69, 9.17) is 9.73 Å². The zero-order chi connectivity index (χ0) is 22.5. The van der Waals surface area contributed by atoms with Gasteiger partial charge < -0.3 is 10.1 Å². The van der Waals surface area contributed by atoms with Gasteiger partial charge in [-0.1, -0.05) is 41.6 Å². The van der Waals surface area contributed by atoms with Crippen molar-refractivity contribution in [1.29, 1.82) is 0 Å². The molecule has 0 spiro atoms. The number of nitrogens with zero attached hydrogens (tertiary/aromatic N) is 2.